The van der Waals surface area contributed by atoms with Gasteiger partial charge in [0.05, 0.1) is 5.75 Å². The summed E-state index contributed by atoms with van der Waals surface area (Å²) in [4.78, 5) is 8.41. The lowest BCUT2D eigenvalue weighted by Gasteiger charge is -2.34. The lowest BCUT2D eigenvalue weighted by Crippen LogP contribution is -2.50. The molecule has 0 atom stereocenters. The molecule has 1 fully saturated rings. The van der Waals surface area contributed by atoms with E-state index in [9.17, 15) is 8.42 Å². The summed E-state index contributed by atoms with van der Waals surface area (Å²) in [5, 5.41) is 0.423. The van der Waals surface area contributed by atoms with Crippen molar-refractivity contribution in [1.29, 1.82) is 0 Å². The number of likely N-dealkylation sites (N-methyl/N-ethyl adjacent to an activating group) is 1. The fourth-order valence-corrected chi connectivity index (χ4v) is 3.85. The first-order valence-electron chi connectivity index (χ1n) is 8.00. The predicted molar refractivity (Wildman–Crippen MR) is 98.6 cm³/mol. The Morgan fingerprint density at radius 1 is 1.25 bits per heavy atom. The summed E-state index contributed by atoms with van der Waals surface area (Å²) in [6, 6.07) is 3.49. The van der Waals surface area contributed by atoms with E-state index < -0.39 is 10.0 Å². The highest BCUT2D eigenvalue weighted by Crippen LogP contribution is 2.10. The molecule has 1 aromatic heterocycles. The van der Waals surface area contributed by atoms with E-state index in [1.807, 2.05) is 20.2 Å². The number of piperazine rings is 1. The Hall–Kier alpha value is -0.990. The molecule has 0 spiro atoms. The number of hydrogen-bond acceptors (Lipinski definition) is 5. The van der Waals surface area contributed by atoms with Crippen LogP contribution >= 0.6 is 11.6 Å². The third-order valence-corrected chi connectivity index (χ3v) is 5.94. The maximum atomic E-state index is 12.4. The fraction of sp³-hybridized carbons (Fsp3) is 0.562. The minimum absolute atomic E-state index is 0.00727. The third-order valence-electron chi connectivity index (χ3n) is 3.96. The average molecular weight is 373 g/mol. The van der Waals surface area contributed by atoms with Gasteiger partial charge >= 0.3 is 0 Å². The highest BCUT2D eigenvalue weighted by atomic mass is 35.5. The van der Waals surface area contributed by atoms with Crippen LogP contribution in [0, 0.1) is 0 Å². The summed E-state index contributed by atoms with van der Waals surface area (Å²) in [5.74, 6) is 0.00727. The van der Waals surface area contributed by atoms with Gasteiger partial charge in [-0.15, -0.1) is 0 Å². The summed E-state index contributed by atoms with van der Waals surface area (Å²) >= 11 is 5.73. The van der Waals surface area contributed by atoms with Crippen LogP contribution in [0.3, 0.4) is 0 Å². The van der Waals surface area contributed by atoms with E-state index in [0.29, 0.717) is 18.2 Å². The Morgan fingerprint density at radius 3 is 2.54 bits per heavy atom. The molecule has 0 unspecified atom stereocenters. The van der Waals surface area contributed by atoms with Crippen LogP contribution in [0.25, 0.3) is 6.08 Å². The largest absolute Gasteiger partial charge is 0.308 e. The molecule has 0 saturated carbocycles. The Morgan fingerprint density at radius 2 is 1.96 bits per heavy atom. The van der Waals surface area contributed by atoms with Crippen LogP contribution in [0.1, 0.15) is 5.56 Å². The first-order chi connectivity index (χ1) is 11.4. The average Bonchev–Trinajstić information content (AvgIpc) is 2.55. The van der Waals surface area contributed by atoms with Crippen LogP contribution in [-0.4, -0.2) is 86.6 Å². The number of sulfonamides is 1. The number of nitrogens with zero attached hydrogens (tertiary/aromatic N) is 4. The summed E-state index contributed by atoms with van der Waals surface area (Å²) < 4.78 is 26.4. The lowest BCUT2D eigenvalue weighted by atomic mass is 10.3. The Labute approximate surface area is 149 Å². The van der Waals surface area contributed by atoms with E-state index >= 15 is 0 Å². The molecule has 0 bridgehead atoms. The fourth-order valence-electron chi connectivity index (χ4n) is 2.47. The Balaban J connectivity index is 1.82. The van der Waals surface area contributed by atoms with Gasteiger partial charge in [0, 0.05) is 45.5 Å². The summed E-state index contributed by atoms with van der Waals surface area (Å²) in [6.07, 6.45) is 5.04. The van der Waals surface area contributed by atoms with Crippen molar-refractivity contribution in [1.82, 2.24) is 19.1 Å². The van der Waals surface area contributed by atoms with Gasteiger partial charge in [-0.1, -0.05) is 29.8 Å². The standard InChI is InChI=1S/C16H25ClN4O2S/c1-19(2)7-8-20-9-11-21(12-10-20)24(22,23)13-3-4-15-5-6-16(17)18-14-15/h3-6,14H,7-13H2,1-2H3. The van der Waals surface area contributed by atoms with Gasteiger partial charge in [0.15, 0.2) is 0 Å². The third kappa shape index (κ3) is 6.14. The van der Waals surface area contributed by atoms with Crippen molar-refractivity contribution in [2.45, 2.75) is 0 Å². The first kappa shape index (κ1) is 19.3. The van der Waals surface area contributed by atoms with Crippen molar-refractivity contribution in [2.24, 2.45) is 0 Å². The zero-order valence-electron chi connectivity index (χ0n) is 14.2. The molecule has 2 heterocycles. The zero-order chi connectivity index (χ0) is 17.6. The smallest absolute Gasteiger partial charge is 0.217 e. The molecule has 0 N–H and O–H groups in total. The topological polar surface area (TPSA) is 56.8 Å². The molecule has 0 amide bonds. The van der Waals surface area contributed by atoms with E-state index in [2.05, 4.69) is 14.8 Å². The van der Waals surface area contributed by atoms with Crippen molar-refractivity contribution in [3.63, 3.8) is 0 Å². The molecular weight excluding hydrogens is 348 g/mol. The number of halogens is 1. The Bertz CT molecular complexity index is 639. The molecule has 0 radical (unpaired) electrons. The molecule has 1 aromatic rings. The monoisotopic (exact) mass is 372 g/mol. The molecule has 1 aliphatic rings. The normalized spacial score (nSPS) is 17.8. The molecule has 6 nitrogen and oxygen atoms in total. The van der Waals surface area contributed by atoms with Gasteiger partial charge in [0.2, 0.25) is 10.0 Å². The van der Waals surface area contributed by atoms with E-state index in [1.165, 1.54) is 0 Å². The van der Waals surface area contributed by atoms with E-state index in [4.69, 9.17) is 11.6 Å². The van der Waals surface area contributed by atoms with Crippen molar-refractivity contribution in [3.8, 4) is 0 Å². The highest BCUT2D eigenvalue weighted by molar-refractivity contribution is 7.89. The first-order valence-corrected chi connectivity index (χ1v) is 9.98. The van der Waals surface area contributed by atoms with Gasteiger partial charge in [0.1, 0.15) is 5.15 Å². The van der Waals surface area contributed by atoms with Gasteiger partial charge < -0.3 is 4.90 Å². The molecule has 24 heavy (non-hydrogen) atoms. The summed E-state index contributed by atoms with van der Waals surface area (Å²) in [7, 11) is 0.836. The van der Waals surface area contributed by atoms with Gasteiger partial charge in [-0.3, -0.25) is 4.90 Å². The minimum atomic E-state index is -3.25. The zero-order valence-corrected chi connectivity index (χ0v) is 15.8. The summed E-state index contributed by atoms with van der Waals surface area (Å²) in [5.41, 5.74) is 0.836. The SMILES string of the molecule is CN(C)CCN1CCN(S(=O)(=O)CC=Cc2ccc(Cl)nc2)CC1. The van der Waals surface area contributed by atoms with Gasteiger partial charge in [-0.25, -0.2) is 13.4 Å². The molecule has 0 aromatic carbocycles. The molecule has 1 saturated heterocycles. The maximum absolute atomic E-state index is 12.4. The van der Waals surface area contributed by atoms with Crippen molar-refractivity contribution in [2.75, 3.05) is 59.1 Å². The highest BCUT2D eigenvalue weighted by Gasteiger charge is 2.25. The second-order valence-electron chi connectivity index (χ2n) is 6.14. The molecule has 8 heteroatoms. The number of rotatable bonds is 7. The van der Waals surface area contributed by atoms with Crippen LogP contribution < -0.4 is 0 Å². The molecule has 134 valence electrons. The quantitative estimate of drug-likeness (QED) is 0.674. The Kier molecular flexibility index (Phi) is 7.18. The second-order valence-corrected chi connectivity index (χ2v) is 8.54. The predicted octanol–water partition coefficient (Wildman–Crippen LogP) is 1.26. The molecule has 1 aliphatic heterocycles. The van der Waals surface area contributed by atoms with Crippen LogP contribution in [0.2, 0.25) is 5.15 Å². The van der Waals surface area contributed by atoms with Crippen molar-refractivity contribution in [3.05, 3.63) is 35.1 Å². The number of pyridine rings is 1. The van der Waals surface area contributed by atoms with Gasteiger partial charge in [-0.05, 0) is 25.7 Å². The van der Waals surface area contributed by atoms with Gasteiger partial charge in [0.25, 0.3) is 0 Å². The molecular formula is C16H25ClN4O2S. The lowest BCUT2D eigenvalue weighted by molar-refractivity contribution is 0.175. The van der Waals surface area contributed by atoms with Crippen LogP contribution in [0.5, 0.6) is 0 Å². The number of hydrogen-bond donors (Lipinski definition) is 0. The van der Waals surface area contributed by atoms with E-state index in [0.717, 1.165) is 31.7 Å². The number of aromatic nitrogens is 1. The minimum Gasteiger partial charge on any atom is -0.308 e. The molecule has 2 rings (SSSR count). The van der Waals surface area contributed by atoms with Crippen molar-refractivity contribution < 1.29 is 8.42 Å². The molecule has 0 aliphatic carbocycles. The second kappa shape index (κ2) is 8.92. The summed E-state index contributed by atoms with van der Waals surface area (Å²) in [6.45, 7) is 4.67. The van der Waals surface area contributed by atoms with Gasteiger partial charge in [-0.2, -0.15) is 4.31 Å². The van der Waals surface area contributed by atoms with Crippen LogP contribution in [0.4, 0.5) is 0 Å². The van der Waals surface area contributed by atoms with E-state index in [-0.39, 0.29) is 5.75 Å². The van der Waals surface area contributed by atoms with Crippen LogP contribution in [-0.2, 0) is 10.0 Å². The van der Waals surface area contributed by atoms with E-state index in [1.54, 1.807) is 28.7 Å². The maximum Gasteiger partial charge on any atom is 0.217 e. The van der Waals surface area contributed by atoms with Crippen molar-refractivity contribution >= 4 is 27.7 Å². The van der Waals surface area contributed by atoms with Crippen LogP contribution in [0.15, 0.2) is 24.4 Å².